The molecule has 0 heterocycles. The van der Waals surface area contributed by atoms with Crippen LogP contribution in [0.25, 0.3) is 0 Å². The quantitative estimate of drug-likeness (QED) is 0.841. The van der Waals surface area contributed by atoms with Crippen molar-refractivity contribution in [3.8, 4) is 0 Å². The second-order valence-electron chi connectivity index (χ2n) is 5.31. The van der Waals surface area contributed by atoms with E-state index < -0.39 is 0 Å². The normalized spacial score (nSPS) is 19.2. The summed E-state index contributed by atoms with van der Waals surface area (Å²) in [4.78, 5) is 12.4. The molecule has 1 fully saturated rings. The van der Waals surface area contributed by atoms with Gasteiger partial charge in [-0.2, -0.15) is 0 Å². The molecule has 0 unspecified atom stereocenters. The summed E-state index contributed by atoms with van der Waals surface area (Å²) in [6, 6.07) is 10.2. The van der Waals surface area contributed by atoms with Crippen LogP contribution in [0, 0.1) is 0 Å². The summed E-state index contributed by atoms with van der Waals surface area (Å²) in [6.45, 7) is 2.68. The Balaban J connectivity index is 2.00. The Morgan fingerprint density at radius 2 is 2.00 bits per heavy atom. The van der Waals surface area contributed by atoms with E-state index in [1.54, 1.807) is 0 Å². The molecule has 4 heteroatoms. The van der Waals surface area contributed by atoms with Crippen molar-refractivity contribution in [1.82, 2.24) is 5.32 Å². The summed E-state index contributed by atoms with van der Waals surface area (Å²) >= 11 is 1.94. The molecule has 3 nitrogen and oxygen atoms in total. The third-order valence-corrected chi connectivity index (χ3v) is 5.24. The number of nitrogens with one attached hydrogen (secondary N) is 1. The first-order chi connectivity index (χ1) is 9.11. The van der Waals surface area contributed by atoms with Crippen molar-refractivity contribution in [2.24, 2.45) is 5.73 Å². The van der Waals surface area contributed by atoms with Crippen molar-refractivity contribution in [2.75, 3.05) is 6.54 Å². The van der Waals surface area contributed by atoms with Crippen molar-refractivity contribution in [1.29, 1.82) is 0 Å². The number of hydrogen-bond donors (Lipinski definition) is 2. The van der Waals surface area contributed by atoms with Gasteiger partial charge in [-0.05, 0) is 31.9 Å². The van der Waals surface area contributed by atoms with Gasteiger partial charge in [0.2, 0.25) is 5.91 Å². The minimum absolute atomic E-state index is 0.213. The summed E-state index contributed by atoms with van der Waals surface area (Å²) in [5.41, 5.74) is 5.31. The van der Waals surface area contributed by atoms with E-state index in [1.807, 2.05) is 24.8 Å². The average molecular weight is 278 g/mol. The average Bonchev–Trinajstić information content (AvgIpc) is 2.86. The van der Waals surface area contributed by atoms with Crippen LogP contribution < -0.4 is 11.1 Å². The monoisotopic (exact) mass is 278 g/mol. The SMILES string of the molecule is C[C@@H](NCC1(Sc2ccccc2)CCCC1)C(N)=O. The molecule has 19 heavy (non-hydrogen) atoms. The highest BCUT2D eigenvalue weighted by Gasteiger charge is 2.35. The van der Waals surface area contributed by atoms with Crippen LogP contribution >= 0.6 is 11.8 Å². The van der Waals surface area contributed by atoms with Crippen molar-refractivity contribution in [3.63, 3.8) is 0 Å². The van der Waals surface area contributed by atoms with Crippen molar-refractivity contribution in [2.45, 2.75) is 48.3 Å². The fraction of sp³-hybridized carbons (Fsp3) is 0.533. The van der Waals surface area contributed by atoms with Gasteiger partial charge in [-0.15, -0.1) is 11.8 Å². The van der Waals surface area contributed by atoms with E-state index in [0.29, 0.717) is 0 Å². The lowest BCUT2D eigenvalue weighted by atomic mass is 10.1. The van der Waals surface area contributed by atoms with Crippen LogP contribution in [0.1, 0.15) is 32.6 Å². The molecule has 0 aliphatic heterocycles. The van der Waals surface area contributed by atoms with Crippen molar-refractivity contribution < 1.29 is 4.79 Å². The standard InChI is InChI=1S/C15H22N2OS/c1-12(14(16)18)17-11-15(9-5-6-10-15)19-13-7-3-2-4-8-13/h2-4,7-8,12,17H,5-6,9-11H2,1H3,(H2,16,18)/t12-/m1/s1. The molecule has 1 aromatic rings. The van der Waals surface area contributed by atoms with Gasteiger partial charge in [-0.1, -0.05) is 31.0 Å². The number of benzene rings is 1. The fourth-order valence-electron chi connectivity index (χ4n) is 2.51. The van der Waals surface area contributed by atoms with Crippen molar-refractivity contribution >= 4 is 17.7 Å². The Kier molecular flexibility index (Phi) is 4.88. The molecule has 1 aliphatic rings. The van der Waals surface area contributed by atoms with E-state index in [-0.39, 0.29) is 16.7 Å². The van der Waals surface area contributed by atoms with Crippen LogP contribution in [-0.4, -0.2) is 23.2 Å². The summed E-state index contributed by atoms with van der Waals surface area (Å²) in [5, 5.41) is 3.29. The summed E-state index contributed by atoms with van der Waals surface area (Å²) in [5.74, 6) is -0.280. The molecule has 104 valence electrons. The predicted octanol–water partition coefficient (Wildman–Crippen LogP) is 2.55. The van der Waals surface area contributed by atoms with Crippen LogP contribution in [0.3, 0.4) is 0 Å². The molecular weight excluding hydrogens is 256 g/mol. The van der Waals surface area contributed by atoms with Gasteiger partial charge in [-0.25, -0.2) is 0 Å². The number of nitrogens with two attached hydrogens (primary N) is 1. The molecular formula is C15H22N2OS. The Morgan fingerprint density at radius 3 is 2.58 bits per heavy atom. The minimum Gasteiger partial charge on any atom is -0.368 e. The topological polar surface area (TPSA) is 55.1 Å². The second kappa shape index (κ2) is 6.44. The largest absolute Gasteiger partial charge is 0.368 e. The van der Waals surface area contributed by atoms with E-state index in [4.69, 9.17) is 5.73 Å². The third kappa shape index (κ3) is 3.98. The maximum atomic E-state index is 11.1. The molecule has 0 bridgehead atoms. The van der Waals surface area contributed by atoms with E-state index in [1.165, 1.54) is 30.6 Å². The maximum Gasteiger partial charge on any atom is 0.234 e. The number of carbonyl (C=O) groups excluding carboxylic acids is 1. The lowest BCUT2D eigenvalue weighted by molar-refractivity contribution is -0.119. The first-order valence-electron chi connectivity index (χ1n) is 6.88. The molecule has 3 N–H and O–H groups in total. The molecule has 1 amide bonds. The Bertz CT molecular complexity index is 415. The summed E-state index contributed by atoms with van der Waals surface area (Å²) in [6.07, 6.45) is 4.94. The highest BCUT2D eigenvalue weighted by Crippen LogP contribution is 2.44. The number of hydrogen-bond acceptors (Lipinski definition) is 3. The van der Waals surface area contributed by atoms with E-state index in [2.05, 4.69) is 29.6 Å². The smallest absolute Gasteiger partial charge is 0.234 e. The van der Waals surface area contributed by atoms with E-state index in [9.17, 15) is 4.79 Å². The second-order valence-corrected chi connectivity index (χ2v) is 6.85. The Labute approximate surface area is 119 Å². The molecule has 1 aromatic carbocycles. The molecule has 0 saturated heterocycles. The molecule has 0 spiro atoms. The van der Waals surface area contributed by atoms with Crippen LogP contribution in [0.2, 0.25) is 0 Å². The van der Waals surface area contributed by atoms with Gasteiger partial charge in [0.05, 0.1) is 6.04 Å². The first kappa shape index (κ1) is 14.4. The maximum absolute atomic E-state index is 11.1. The van der Waals surface area contributed by atoms with Gasteiger partial charge in [0.15, 0.2) is 0 Å². The highest BCUT2D eigenvalue weighted by atomic mass is 32.2. The van der Waals surface area contributed by atoms with Gasteiger partial charge in [-0.3, -0.25) is 4.79 Å². The zero-order valence-electron chi connectivity index (χ0n) is 11.4. The summed E-state index contributed by atoms with van der Waals surface area (Å²) < 4.78 is 0.213. The van der Waals surface area contributed by atoms with E-state index in [0.717, 1.165) is 6.54 Å². The molecule has 0 radical (unpaired) electrons. The zero-order chi connectivity index (χ0) is 13.7. The van der Waals surface area contributed by atoms with Crippen LogP contribution in [0.4, 0.5) is 0 Å². The Morgan fingerprint density at radius 1 is 1.37 bits per heavy atom. The fourth-order valence-corrected chi connectivity index (χ4v) is 3.95. The van der Waals surface area contributed by atoms with Crippen LogP contribution in [0.5, 0.6) is 0 Å². The lowest BCUT2D eigenvalue weighted by Crippen LogP contribution is -2.45. The van der Waals surface area contributed by atoms with Crippen LogP contribution in [0.15, 0.2) is 35.2 Å². The molecule has 1 saturated carbocycles. The lowest BCUT2D eigenvalue weighted by Gasteiger charge is -2.30. The van der Waals surface area contributed by atoms with Crippen LogP contribution in [-0.2, 0) is 4.79 Å². The first-order valence-corrected chi connectivity index (χ1v) is 7.70. The van der Waals surface area contributed by atoms with Gasteiger partial charge in [0.25, 0.3) is 0 Å². The molecule has 0 aromatic heterocycles. The van der Waals surface area contributed by atoms with Gasteiger partial charge in [0, 0.05) is 16.2 Å². The molecule has 1 atom stereocenters. The number of thioether (sulfide) groups is 1. The predicted molar refractivity (Wildman–Crippen MR) is 80.2 cm³/mol. The summed E-state index contributed by atoms with van der Waals surface area (Å²) in [7, 11) is 0. The molecule has 2 rings (SSSR count). The minimum atomic E-state index is -0.280. The number of carbonyl (C=O) groups is 1. The van der Waals surface area contributed by atoms with Gasteiger partial charge >= 0.3 is 0 Å². The van der Waals surface area contributed by atoms with Gasteiger partial charge in [0.1, 0.15) is 0 Å². The van der Waals surface area contributed by atoms with Gasteiger partial charge < -0.3 is 11.1 Å². The third-order valence-electron chi connectivity index (χ3n) is 3.75. The Hall–Kier alpha value is -1.00. The number of primary amides is 1. The molecule has 1 aliphatic carbocycles. The van der Waals surface area contributed by atoms with E-state index >= 15 is 0 Å². The number of rotatable bonds is 6. The zero-order valence-corrected chi connectivity index (χ0v) is 12.2. The number of amides is 1. The highest BCUT2D eigenvalue weighted by molar-refractivity contribution is 8.00. The van der Waals surface area contributed by atoms with Crippen molar-refractivity contribution in [3.05, 3.63) is 30.3 Å².